The Balaban J connectivity index is 2.00. The number of halogens is 1. The van der Waals surface area contributed by atoms with Crippen molar-refractivity contribution in [3.8, 4) is 11.5 Å². The second kappa shape index (κ2) is 9.39. The van der Waals surface area contributed by atoms with E-state index in [4.69, 9.17) is 9.47 Å². The minimum Gasteiger partial charge on any atom is -0.507 e. The summed E-state index contributed by atoms with van der Waals surface area (Å²) in [6, 6.07) is 16.8. The number of Topliss-reactive ketones (excluding diaryl/α,β-unsaturated/α-hetero) is 1. The molecule has 0 bridgehead atoms. The van der Waals surface area contributed by atoms with Crippen molar-refractivity contribution < 1.29 is 28.6 Å². The number of carbonyl (C=O) groups excluding carboxylic acids is 2. The second-order valence-corrected chi connectivity index (χ2v) is 7.81. The first-order valence-electron chi connectivity index (χ1n) is 10.8. The van der Waals surface area contributed by atoms with Gasteiger partial charge in [-0.05, 0) is 61.4 Å². The molecular weight excluding hydrogens is 437 g/mol. The lowest BCUT2D eigenvalue weighted by Crippen LogP contribution is -2.30. The molecule has 0 aliphatic carbocycles. The SMILES string of the molecule is CCOc1cccc(C2/C(=C(\O)c3cc(F)ccc3OC)C(=O)C(=O)N2c2ccccc2C)c1. The maximum absolute atomic E-state index is 14.1. The van der Waals surface area contributed by atoms with Crippen molar-refractivity contribution in [2.75, 3.05) is 18.6 Å². The molecule has 1 atom stereocenters. The molecule has 1 amide bonds. The Morgan fingerprint density at radius 3 is 2.53 bits per heavy atom. The summed E-state index contributed by atoms with van der Waals surface area (Å²) in [5.74, 6) is -2.08. The van der Waals surface area contributed by atoms with E-state index in [0.717, 1.165) is 11.6 Å². The van der Waals surface area contributed by atoms with Crippen LogP contribution in [0.25, 0.3) is 5.76 Å². The highest BCUT2D eigenvalue weighted by atomic mass is 19.1. The van der Waals surface area contributed by atoms with Crippen LogP contribution in [0.2, 0.25) is 0 Å². The lowest BCUT2D eigenvalue weighted by atomic mass is 9.94. The molecule has 1 fully saturated rings. The summed E-state index contributed by atoms with van der Waals surface area (Å²) in [6.45, 7) is 4.11. The van der Waals surface area contributed by atoms with Crippen molar-refractivity contribution in [1.29, 1.82) is 0 Å². The third-order valence-electron chi connectivity index (χ3n) is 5.72. The van der Waals surface area contributed by atoms with Gasteiger partial charge in [-0.1, -0.05) is 30.3 Å². The number of anilines is 1. The van der Waals surface area contributed by atoms with Crippen molar-refractivity contribution >= 4 is 23.1 Å². The summed E-state index contributed by atoms with van der Waals surface area (Å²) in [5.41, 5.74) is 1.69. The molecule has 0 spiro atoms. The molecule has 1 heterocycles. The van der Waals surface area contributed by atoms with Gasteiger partial charge in [0, 0.05) is 5.69 Å². The zero-order valence-corrected chi connectivity index (χ0v) is 19.0. The van der Waals surface area contributed by atoms with Crippen molar-refractivity contribution in [2.45, 2.75) is 19.9 Å². The molecule has 3 aromatic rings. The van der Waals surface area contributed by atoms with Gasteiger partial charge in [0.1, 0.15) is 23.1 Å². The molecule has 6 nitrogen and oxygen atoms in total. The molecular formula is C27H24FNO5. The predicted molar refractivity (Wildman–Crippen MR) is 127 cm³/mol. The normalized spacial score (nSPS) is 17.2. The zero-order chi connectivity index (χ0) is 24.4. The van der Waals surface area contributed by atoms with Gasteiger partial charge in [-0.3, -0.25) is 14.5 Å². The molecule has 0 saturated carbocycles. The Kier molecular flexibility index (Phi) is 6.36. The van der Waals surface area contributed by atoms with Gasteiger partial charge < -0.3 is 14.6 Å². The summed E-state index contributed by atoms with van der Waals surface area (Å²) >= 11 is 0. The number of para-hydroxylation sites is 1. The molecule has 34 heavy (non-hydrogen) atoms. The first kappa shape index (κ1) is 23.0. The van der Waals surface area contributed by atoms with E-state index in [9.17, 15) is 19.1 Å². The Bertz CT molecular complexity index is 1300. The number of aliphatic hydroxyl groups is 1. The monoisotopic (exact) mass is 461 g/mol. The Morgan fingerprint density at radius 1 is 1.06 bits per heavy atom. The minimum absolute atomic E-state index is 0.0174. The van der Waals surface area contributed by atoms with E-state index in [1.807, 2.05) is 26.0 Å². The van der Waals surface area contributed by atoms with E-state index in [1.165, 1.54) is 24.1 Å². The summed E-state index contributed by atoms with van der Waals surface area (Å²) in [5, 5.41) is 11.3. The topological polar surface area (TPSA) is 76.1 Å². The first-order chi connectivity index (χ1) is 16.4. The summed E-state index contributed by atoms with van der Waals surface area (Å²) in [4.78, 5) is 28.0. The van der Waals surface area contributed by atoms with E-state index in [2.05, 4.69) is 0 Å². The highest BCUT2D eigenvalue weighted by molar-refractivity contribution is 6.51. The summed E-state index contributed by atoms with van der Waals surface area (Å²) in [7, 11) is 1.37. The van der Waals surface area contributed by atoms with Crippen LogP contribution in [0.15, 0.2) is 72.3 Å². The van der Waals surface area contributed by atoms with E-state index in [-0.39, 0.29) is 16.9 Å². The van der Waals surface area contributed by atoms with Crippen LogP contribution >= 0.6 is 0 Å². The molecule has 0 aromatic heterocycles. The van der Waals surface area contributed by atoms with Crippen molar-refractivity contribution in [1.82, 2.24) is 0 Å². The molecule has 1 unspecified atom stereocenters. The third kappa shape index (κ3) is 4.01. The van der Waals surface area contributed by atoms with Crippen LogP contribution in [0.4, 0.5) is 10.1 Å². The number of benzene rings is 3. The Hall–Kier alpha value is -4.13. The van der Waals surface area contributed by atoms with Crippen LogP contribution < -0.4 is 14.4 Å². The number of ketones is 1. The maximum atomic E-state index is 14.1. The molecule has 1 aliphatic rings. The van der Waals surface area contributed by atoms with E-state index >= 15 is 0 Å². The third-order valence-corrected chi connectivity index (χ3v) is 5.72. The summed E-state index contributed by atoms with van der Waals surface area (Å²) < 4.78 is 25.0. The average Bonchev–Trinajstić information content (AvgIpc) is 3.09. The highest BCUT2D eigenvalue weighted by Crippen LogP contribution is 2.44. The number of ether oxygens (including phenoxy) is 2. The molecule has 1 N–H and O–H groups in total. The van der Waals surface area contributed by atoms with Crippen LogP contribution in [0.5, 0.6) is 11.5 Å². The Labute approximate surface area is 196 Å². The summed E-state index contributed by atoms with van der Waals surface area (Å²) in [6.07, 6.45) is 0. The zero-order valence-electron chi connectivity index (χ0n) is 19.0. The van der Waals surface area contributed by atoms with Gasteiger partial charge in [0.25, 0.3) is 11.7 Å². The fraction of sp³-hybridized carbons (Fsp3) is 0.185. The predicted octanol–water partition coefficient (Wildman–Crippen LogP) is 5.17. The number of aliphatic hydroxyl groups excluding tert-OH is 1. The maximum Gasteiger partial charge on any atom is 0.300 e. The van der Waals surface area contributed by atoms with Crippen LogP contribution in [-0.4, -0.2) is 30.5 Å². The fourth-order valence-electron chi connectivity index (χ4n) is 4.18. The number of methoxy groups -OCH3 is 1. The quantitative estimate of drug-likeness (QED) is 0.312. The second-order valence-electron chi connectivity index (χ2n) is 7.81. The number of hydrogen-bond acceptors (Lipinski definition) is 5. The number of amides is 1. The van der Waals surface area contributed by atoms with Crippen LogP contribution in [-0.2, 0) is 9.59 Å². The number of aryl methyl sites for hydroxylation is 1. The molecule has 3 aromatic carbocycles. The van der Waals surface area contributed by atoms with E-state index in [0.29, 0.717) is 23.6 Å². The van der Waals surface area contributed by atoms with Crippen LogP contribution in [0.1, 0.15) is 29.7 Å². The van der Waals surface area contributed by atoms with E-state index < -0.39 is 29.3 Å². The van der Waals surface area contributed by atoms with Gasteiger partial charge in [-0.2, -0.15) is 0 Å². The fourth-order valence-corrected chi connectivity index (χ4v) is 4.18. The lowest BCUT2D eigenvalue weighted by molar-refractivity contribution is -0.132. The van der Waals surface area contributed by atoms with Gasteiger partial charge >= 0.3 is 0 Å². The lowest BCUT2D eigenvalue weighted by Gasteiger charge is -2.27. The van der Waals surface area contributed by atoms with Crippen molar-refractivity contribution in [3.05, 3.63) is 94.8 Å². The number of hydrogen-bond donors (Lipinski definition) is 1. The molecule has 4 rings (SSSR count). The number of carbonyl (C=O) groups is 2. The average molecular weight is 461 g/mol. The van der Waals surface area contributed by atoms with Gasteiger partial charge in [-0.25, -0.2) is 4.39 Å². The molecule has 1 saturated heterocycles. The van der Waals surface area contributed by atoms with Gasteiger partial charge in [0.05, 0.1) is 30.9 Å². The highest BCUT2D eigenvalue weighted by Gasteiger charge is 2.47. The van der Waals surface area contributed by atoms with E-state index in [1.54, 1.807) is 36.4 Å². The molecule has 0 radical (unpaired) electrons. The first-order valence-corrected chi connectivity index (χ1v) is 10.8. The minimum atomic E-state index is -0.963. The van der Waals surface area contributed by atoms with Crippen LogP contribution in [0, 0.1) is 12.7 Å². The molecule has 174 valence electrons. The van der Waals surface area contributed by atoms with Crippen LogP contribution in [0.3, 0.4) is 0 Å². The van der Waals surface area contributed by atoms with Gasteiger partial charge in [0.2, 0.25) is 0 Å². The Morgan fingerprint density at radius 2 is 1.82 bits per heavy atom. The van der Waals surface area contributed by atoms with Gasteiger partial charge in [0.15, 0.2) is 0 Å². The van der Waals surface area contributed by atoms with Crippen molar-refractivity contribution in [2.24, 2.45) is 0 Å². The largest absolute Gasteiger partial charge is 0.507 e. The number of rotatable bonds is 6. The molecule has 7 heteroatoms. The standard InChI is InChI=1S/C27H24FNO5/c1-4-34-19-10-7-9-17(14-19)24-23(25(30)20-15-18(28)12-13-22(20)33-3)26(31)27(32)29(24)21-11-6-5-8-16(21)2/h5-15,24,30H,4H2,1-3H3/b25-23+. The smallest absolute Gasteiger partial charge is 0.300 e. The molecule has 1 aliphatic heterocycles. The van der Waals surface area contributed by atoms with Crippen molar-refractivity contribution in [3.63, 3.8) is 0 Å². The van der Waals surface area contributed by atoms with Gasteiger partial charge in [-0.15, -0.1) is 0 Å². The number of nitrogens with zero attached hydrogens (tertiary/aromatic N) is 1.